The Morgan fingerprint density at radius 1 is 1.38 bits per heavy atom. The summed E-state index contributed by atoms with van der Waals surface area (Å²) in [5, 5.41) is 15.0. The van der Waals surface area contributed by atoms with Crippen molar-refractivity contribution in [1.29, 1.82) is 0 Å². The van der Waals surface area contributed by atoms with Crippen molar-refractivity contribution in [2.24, 2.45) is 7.05 Å². The predicted octanol–water partition coefficient (Wildman–Crippen LogP) is 1.74. The van der Waals surface area contributed by atoms with E-state index in [1.165, 1.54) is 11.8 Å². The van der Waals surface area contributed by atoms with Gasteiger partial charge in [0.25, 0.3) is 0 Å². The monoisotopic (exact) mass is 335 g/mol. The highest BCUT2D eigenvalue weighted by Crippen LogP contribution is 2.24. The Kier molecular flexibility index (Phi) is 8.28. The molecule has 0 aromatic carbocycles. The molecule has 1 heterocycles. The molecule has 0 fully saturated rings. The van der Waals surface area contributed by atoms with Crippen molar-refractivity contribution >= 4 is 30.1 Å². The zero-order valence-electron chi connectivity index (χ0n) is 13.6. The van der Waals surface area contributed by atoms with Crippen molar-refractivity contribution in [2.75, 3.05) is 7.05 Å². The SMILES string of the molecule is CCC(Sc1nnc(CNC)n1C)C(=O)NC(C)(C)C.Cl. The lowest BCUT2D eigenvalue weighted by Crippen LogP contribution is -2.44. The van der Waals surface area contributed by atoms with E-state index in [-0.39, 0.29) is 29.1 Å². The molecule has 1 aromatic heterocycles. The summed E-state index contributed by atoms with van der Waals surface area (Å²) in [4.78, 5) is 12.2. The van der Waals surface area contributed by atoms with Crippen LogP contribution in [0.1, 0.15) is 39.9 Å². The smallest absolute Gasteiger partial charge is 0.233 e. The quantitative estimate of drug-likeness (QED) is 0.775. The highest BCUT2D eigenvalue weighted by molar-refractivity contribution is 8.00. The van der Waals surface area contributed by atoms with Gasteiger partial charge in [0.05, 0.1) is 11.8 Å². The summed E-state index contributed by atoms with van der Waals surface area (Å²) in [6.45, 7) is 8.61. The molecule has 2 N–H and O–H groups in total. The van der Waals surface area contributed by atoms with Crippen molar-refractivity contribution in [3.05, 3.63) is 5.82 Å². The van der Waals surface area contributed by atoms with Crippen LogP contribution in [0, 0.1) is 0 Å². The second kappa shape index (κ2) is 8.60. The van der Waals surface area contributed by atoms with Crippen LogP contribution in [0.5, 0.6) is 0 Å². The molecular weight excluding hydrogens is 310 g/mol. The van der Waals surface area contributed by atoms with E-state index in [9.17, 15) is 4.79 Å². The Hall–Kier alpha value is -0.790. The van der Waals surface area contributed by atoms with Gasteiger partial charge in [0, 0.05) is 12.6 Å². The van der Waals surface area contributed by atoms with Crippen LogP contribution in [0.15, 0.2) is 5.16 Å². The number of nitrogens with one attached hydrogen (secondary N) is 2. The standard InChI is InChI=1S/C13H25N5OS.ClH/c1-7-9(11(19)15-13(2,3)4)20-12-17-16-10(8-14-5)18(12)6;/h9,14H,7-8H2,1-6H3,(H,15,19);1H. The number of amides is 1. The first-order valence-corrected chi connectivity index (χ1v) is 7.68. The van der Waals surface area contributed by atoms with Gasteiger partial charge in [0.1, 0.15) is 5.82 Å². The molecule has 6 nitrogen and oxygen atoms in total. The van der Waals surface area contributed by atoms with Crippen molar-refractivity contribution in [2.45, 2.75) is 56.6 Å². The summed E-state index contributed by atoms with van der Waals surface area (Å²) >= 11 is 1.46. The van der Waals surface area contributed by atoms with Gasteiger partial charge in [-0.3, -0.25) is 4.79 Å². The second-order valence-electron chi connectivity index (χ2n) is 5.74. The first-order valence-electron chi connectivity index (χ1n) is 6.80. The van der Waals surface area contributed by atoms with Crippen LogP contribution in [-0.2, 0) is 18.4 Å². The fourth-order valence-corrected chi connectivity index (χ4v) is 2.60. The number of aromatic nitrogens is 3. The Morgan fingerprint density at radius 3 is 2.48 bits per heavy atom. The normalized spacial score (nSPS) is 12.7. The molecule has 0 aliphatic carbocycles. The molecule has 21 heavy (non-hydrogen) atoms. The van der Waals surface area contributed by atoms with Crippen molar-refractivity contribution in [1.82, 2.24) is 25.4 Å². The first-order chi connectivity index (χ1) is 9.28. The fourth-order valence-electron chi connectivity index (χ4n) is 1.66. The van der Waals surface area contributed by atoms with Crippen LogP contribution in [0.25, 0.3) is 0 Å². The van der Waals surface area contributed by atoms with Crippen molar-refractivity contribution in [3.63, 3.8) is 0 Å². The topological polar surface area (TPSA) is 71.8 Å². The Labute approximate surface area is 137 Å². The molecule has 1 rings (SSSR count). The van der Waals surface area contributed by atoms with Crippen molar-refractivity contribution in [3.8, 4) is 0 Å². The molecule has 0 aliphatic rings. The van der Waals surface area contributed by atoms with E-state index in [0.29, 0.717) is 6.54 Å². The molecule has 122 valence electrons. The Bertz CT molecular complexity index is 458. The maximum absolute atomic E-state index is 12.2. The van der Waals surface area contributed by atoms with Gasteiger partial charge >= 0.3 is 0 Å². The fraction of sp³-hybridized carbons (Fsp3) is 0.769. The third kappa shape index (κ3) is 6.23. The van der Waals surface area contributed by atoms with E-state index < -0.39 is 0 Å². The van der Waals surface area contributed by atoms with Crippen LogP contribution in [-0.4, -0.2) is 38.5 Å². The van der Waals surface area contributed by atoms with Crippen LogP contribution < -0.4 is 10.6 Å². The molecule has 1 amide bonds. The first kappa shape index (κ1) is 20.2. The molecule has 0 bridgehead atoms. The van der Waals surface area contributed by atoms with E-state index in [2.05, 4.69) is 20.8 Å². The zero-order chi connectivity index (χ0) is 15.3. The molecule has 0 saturated heterocycles. The van der Waals surface area contributed by atoms with Gasteiger partial charge in [-0.05, 0) is 34.2 Å². The van der Waals surface area contributed by atoms with Crippen LogP contribution >= 0.6 is 24.2 Å². The highest BCUT2D eigenvalue weighted by Gasteiger charge is 2.24. The summed E-state index contributed by atoms with van der Waals surface area (Å²) < 4.78 is 1.92. The van der Waals surface area contributed by atoms with Gasteiger partial charge in [-0.15, -0.1) is 22.6 Å². The second-order valence-corrected chi connectivity index (χ2v) is 6.91. The van der Waals surface area contributed by atoms with Crippen molar-refractivity contribution < 1.29 is 4.79 Å². The Morgan fingerprint density at radius 2 is 2.00 bits per heavy atom. The largest absolute Gasteiger partial charge is 0.351 e. The maximum atomic E-state index is 12.2. The number of hydrogen-bond donors (Lipinski definition) is 2. The number of thioether (sulfide) groups is 1. The average Bonchev–Trinajstić information content (AvgIpc) is 2.66. The zero-order valence-corrected chi connectivity index (χ0v) is 15.2. The average molecular weight is 336 g/mol. The third-order valence-electron chi connectivity index (χ3n) is 2.67. The van der Waals surface area contributed by atoms with Gasteiger partial charge in [-0.25, -0.2) is 0 Å². The molecule has 0 spiro atoms. The molecule has 1 atom stereocenters. The Balaban J connectivity index is 0.00000400. The van der Waals surface area contributed by atoms with Crippen LogP contribution in [0.4, 0.5) is 0 Å². The van der Waals surface area contributed by atoms with E-state index in [1.807, 2.05) is 46.4 Å². The van der Waals surface area contributed by atoms with Gasteiger partial charge in [-0.1, -0.05) is 18.7 Å². The van der Waals surface area contributed by atoms with Crippen LogP contribution in [0.2, 0.25) is 0 Å². The molecule has 1 aromatic rings. The number of nitrogens with zero attached hydrogens (tertiary/aromatic N) is 3. The molecule has 8 heteroatoms. The summed E-state index contributed by atoms with van der Waals surface area (Å²) in [6.07, 6.45) is 0.751. The van der Waals surface area contributed by atoms with Gasteiger partial charge < -0.3 is 15.2 Å². The predicted molar refractivity (Wildman–Crippen MR) is 88.8 cm³/mol. The molecule has 0 radical (unpaired) electrons. The van der Waals surface area contributed by atoms with Gasteiger partial charge in [-0.2, -0.15) is 0 Å². The van der Waals surface area contributed by atoms with Gasteiger partial charge in [0.2, 0.25) is 5.91 Å². The number of rotatable bonds is 6. The summed E-state index contributed by atoms with van der Waals surface area (Å²) in [5.74, 6) is 0.907. The van der Waals surface area contributed by atoms with E-state index >= 15 is 0 Å². The number of hydrogen-bond acceptors (Lipinski definition) is 5. The van der Waals surface area contributed by atoms with E-state index in [4.69, 9.17) is 0 Å². The lowest BCUT2D eigenvalue weighted by molar-refractivity contribution is -0.122. The molecule has 0 aliphatic heterocycles. The maximum Gasteiger partial charge on any atom is 0.233 e. The number of carbonyl (C=O) groups is 1. The summed E-state index contributed by atoms with van der Waals surface area (Å²) in [7, 11) is 3.79. The summed E-state index contributed by atoms with van der Waals surface area (Å²) in [5.41, 5.74) is -0.220. The molecule has 0 saturated carbocycles. The van der Waals surface area contributed by atoms with E-state index in [0.717, 1.165) is 17.4 Å². The molecule has 1 unspecified atom stereocenters. The minimum Gasteiger partial charge on any atom is -0.351 e. The summed E-state index contributed by atoms with van der Waals surface area (Å²) in [6, 6.07) is 0. The third-order valence-corrected chi connectivity index (χ3v) is 4.07. The number of carbonyl (C=O) groups excluding carboxylic acids is 1. The lowest BCUT2D eigenvalue weighted by atomic mass is 10.1. The lowest BCUT2D eigenvalue weighted by Gasteiger charge is -2.23. The van der Waals surface area contributed by atoms with Crippen LogP contribution in [0.3, 0.4) is 0 Å². The molecular formula is C13H26ClN5OS. The minimum absolute atomic E-state index is 0. The minimum atomic E-state index is -0.220. The van der Waals surface area contributed by atoms with E-state index in [1.54, 1.807) is 0 Å². The highest BCUT2D eigenvalue weighted by atomic mass is 35.5. The number of halogens is 1. The van der Waals surface area contributed by atoms with Gasteiger partial charge in [0.15, 0.2) is 5.16 Å².